The van der Waals surface area contributed by atoms with E-state index >= 15 is 0 Å². The number of halogens is 2. The van der Waals surface area contributed by atoms with Crippen LogP contribution in [0.4, 0.5) is 4.39 Å². The van der Waals surface area contributed by atoms with E-state index in [1.165, 1.54) is 11.6 Å². The van der Waals surface area contributed by atoms with Crippen LogP contribution in [0.1, 0.15) is 62.3 Å². The number of aromatic amines is 1. The fourth-order valence-corrected chi connectivity index (χ4v) is 5.43. The SMILES string of the molecule is CC[C@@H](c1nc2ccc(Cl)cc2[nH]1)C1CCC(c2ccnc3ccc(F)cc23)CC1. The first-order chi connectivity index (χ1) is 14.6. The van der Waals surface area contributed by atoms with Crippen LogP contribution in [0.25, 0.3) is 21.9 Å². The zero-order valence-corrected chi connectivity index (χ0v) is 17.8. The minimum atomic E-state index is -0.193. The molecule has 1 aliphatic carbocycles. The van der Waals surface area contributed by atoms with Crippen molar-refractivity contribution in [1.82, 2.24) is 15.0 Å². The Bertz CT molecular complexity index is 1190. The predicted molar refractivity (Wildman–Crippen MR) is 121 cm³/mol. The van der Waals surface area contributed by atoms with Gasteiger partial charge in [-0.05, 0) is 92.0 Å². The molecule has 1 N–H and O–H groups in total. The third-order valence-corrected chi connectivity index (χ3v) is 7.01. The van der Waals surface area contributed by atoms with Crippen molar-refractivity contribution in [3.8, 4) is 0 Å². The number of rotatable bonds is 4. The summed E-state index contributed by atoms with van der Waals surface area (Å²) >= 11 is 6.14. The molecule has 5 heteroatoms. The van der Waals surface area contributed by atoms with E-state index in [4.69, 9.17) is 16.6 Å². The Morgan fingerprint density at radius 1 is 1.07 bits per heavy atom. The number of hydrogen-bond acceptors (Lipinski definition) is 2. The van der Waals surface area contributed by atoms with E-state index in [-0.39, 0.29) is 5.82 Å². The molecule has 0 saturated heterocycles. The van der Waals surface area contributed by atoms with Crippen molar-refractivity contribution in [1.29, 1.82) is 0 Å². The van der Waals surface area contributed by atoms with Crippen LogP contribution in [0.2, 0.25) is 5.02 Å². The highest BCUT2D eigenvalue weighted by molar-refractivity contribution is 6.31. The van der Waals surface area contributed by atoms with Crippen LogP contribution < -0.4 is 0 Å². The van der Waals surface area contributed by atoms with Crippen LogP contribution in [0.5, 0.6) is 0 Å². The highest BCUT2D eigenvalue weighted by Gasteiger charge is 2.30. The van der Waals surface area contributed by atoms with Crippen molar-refractivity contribution in [2.45, 2.75) is 50.9 Å². The number of hydrogen-bond donors (Lipinski definition) is 1. The first kappa shape index (κ1) is 19.5. The molecule has 1 saturated carbocycles. The molecule has 30 heavy (non-hydrogen) atoms. The maximum Gasteiger partial charge on any atom is 0.123 e. The third-order valence-electron chi connectivity index (χ3n) is 6.77. The first-order valence-electron chi connectivity index (χ1n) is 10.8. The van der Waals surface area contributed by atoms with Gasteiger partial charge in [0, 0.05) is 22.5 Å². The van der Waals surface area contributed by atoms with Gasteiger partial charge >= 0.3 is 0 Å². The zero-order chi connectivity index (χ0) is 20.7. The fourth-order valence-electron chi connectivity index (χ4n) is 5.26. The quantitative estimate of drug-likeness (QED) is 0.373. The third kappa shape index (κ3) is 3.58. The molecule has 154 valence electrons. The minimum absolute atomic E-state index is 0.193. The predicted octanol–water partition coefficient (Wildman–Crippen LogP) is 7.37. The average molecular weight is 422 g/mol. The molecular formula is C25H25ClFN3. The van der Waals surface area contributed by atoms with E-state index in [2.05, 4.69) is 23.0 Å². The number of nitrogens with zero attached hydrogens (tertiary/aromatic N) is 2. The van der Waals surface area contributed by atoms with E-state index in [9.17, 15) is 4.39 Å². The molecule has 2 aromatic carbocycles. The molecule has 1 atom stereocenters. The van der Waals surface area contributed by atoms with Gasteiger partial charge in [0.15, 0.2) is 0 Å². The number of pyridine rings is 1. The lowest BCUT2D eigenvalue weighted by Crippen LogP contribution is -2.20. The summed E-state index contributed by atoms with van der Waals surface area (Å²) in [5.41, 5.74) is 4.11. The van der Waals surface area contributed by atoms with Crippen LogP contribution in [0, 0.1) is 11.7 Å². The van der Waals surface area contributed by atoms with Crippen molar-refractivity contribution >= 4 is 33.5 Å². The van der Waals surface area contributed by atoms with Gasteiger partial charge in [0.2, 0.25) is 0 Å². The van der Waals surface area contributed by atoms with Crippen LogP contribution in [-0.2, 0) is 0 Å². The van der Waals surface area contributed by atoms with Gasteiger partial charge in [-0.25, -0.2) is 9.37 Å². The van der Waals surface area contributed by atoms with Gasteiger partial charge < -0.3 is 4.98 Å². The Kier molecular flexibility index (Phi) is 5.20. The lowest BCUT2D eigenvalue weighted by Gasteiger charge is -2.33. The Morgan fingerprint density at radius 3 is 2.67 bits per heavy atom. The zero-order valence-electron chi connectivity index (χ0n) is 17.0. The molecule has 1 fully saturated rings. The molecule has 0 bridgehead atoms. The summed E-state index contributed by atoms with van der Waals surface area (Å²) in [7, 11) is 0. The van der Waals surface area contributed by atoms with Gasteiger partial charge in [0.1, 0.15) is 11.6 Å². The molecule has 0 amide bonds. The summed E-state index contributed by atoms with van der Waals surface area (Å²) in [6.07, 6.45) is 7.45. The highest BCUT2D eigenvalue weighted by atomic mass is 35.5. The molecule has 0 unspecified atom stereocenters. The number of aromatic nitrogens is 3. The van der Waals surface area contributed by atoms with Gasteiger partial charge in [-0.15, -0.1) is 0 Å². The number of benzene rings is 2. The molecule has 5 rings (SSSR count). The molecule has 0 spiro atoms. The van der Waals surface area contributed by atoms with Crippen molar-refractivity contribution in [3.63, 3.8) is 0 Å². The second-order valence-corrected chi connectivity index (χ2v) is 8.91. The van der Waals surface area contributed by atoms with Crippen LogP contribution in [0.15, 0.2) is 48.7 Å². The fraction of sp³-hybridized carbons (Fsp3) is 0.360. The summed E-state index contributed by atoms with van der Waals surface area (Å²) in [4.78, 5) is 12.8. The van der Waals surface area contributed by atoms with Crippen molar-refractivity contribution in [3.05, 3.63) is 70.9 Å². The minimum Gasteiger partial charge on any atom is -0.342 e. The number of nitrogens with one attached hydrogen (secondary N) is 1. The molecule has 4 aromatic rings. The Labute approximate surface area is 180 Å². The molecule has 1 aliphatic rings. The van der Waals surface area contributed by atoms with Crippen LogP contribution in [0.3, 0.4) is 0 Å². The Hall–Kier alpha value is -2.46. The van der Waals surface area contributed by atoms with E-state index in [1.54, 1.807) is 12.1 Å². The normalized spacial score (nSPS) is 20.6. The topological polar surface area (TPSA) is 41.6 Å². The maximum absolute atomic E-state index is 13.9. The summed E-state index contributed by atoms with van der Waals surface area (Å²) in [5.74, 6) is 2.37. The summed E-state index contributed by atoms with van der Waals surface area (Å²) in [6.45, 7) is 2.25. The lowest BCUT2D eigenvalue weighted by atomic mass is 9.72. The highest BCUT2D eigenvalue weighted by Crippen LogP contribution is 2.44. The number of H-pyrrole nitrogens is 1. The second kappa shape index (κ2) is 7.99. The van der Waals surface area contributed by atoms with Crippen LogP contribution >= 0.6 is 11.6 Å². The molecular weight excluding hydrogens is 397 g/mol. The molecule has 0 radical (unpaired) electrons. The van der Waals surface area contributed by atoms with Crippen LogP contribution in [-0.4, -0.2) is 15.0 Å². The van der Waals surface area contributed by atoms with E-state index in [0.29, 0.717) is 17.8 Å². The second-order valence-electron chi connectivity index (χ2n) is 8.47. The summed E-state index contributed by atoms with van der Waals surface area (Å²) in [5, 5.41) is 1.69. The summed E-state index contributed by atoms with van der Waals surface area (Å²) in [6, 6.07) is 12.8. The van der Waals surface area contributed by atoms with Crippen molar-refractivity contribution < 1.29 is 4.39 Å². The summed E-state index contributed by atoms with van der Waals surface area (Å²) < 4.78 is 13.9. The van der Waals surface area contributed by atoms with Gasteiger partial charge in [-0.2, -0.15) is 0 Å². The largest absolute Gasteiger partial charge is 0.342 e. The molecule has 0 aliphatic heterocycles. The Balaban J connectivity index is 1.36. The van der Waals surface area contributed by atoms with E-state index < -0.39 is 0 Å². The van der Waals surface area contributed by atoms with Crippen molar-refractivity contribution in [2.75, 3.05) is 0 Å². The molecule has 2 aromatic heterocycles. The van der Waals surface area contributed by atoms with Gasteiger partial charge in [0.05, 0.1) is 16.6 Å². The van der Waals surface area contributed by atoms with Gasteiger partial charge in [-0.1, -0.05) is 18.5 Å². The molecule has 2 heterocycles. The number of fused-ring (bicyclic) bond motifs is 2. The van der Waals surface area contributed by atoms with Crippen molar-refractivity contribution in [2.24, 2.45) is 5.92 Å². The monoisotopic (exact) mass is 421 g/mol. The van der Waals surface area contributed by atoms with E-state index in [0.717, 1.165) is 64.9 Å². The smallest absolute Gasteiger partial charge is 0.123 e. The van der Waals surface area contributed by atoms with E-state index in [1.807, 2.05) is 24.4 Å². The van der Waals surface area contributed by atoms with Gasteiger partial charge in [0.25, 0.3) is 0 Å². The average Bonchev–Trinajstić information content (AvgIpc) is 3.17. The number of imidazole rings is 1. The standard InChI is InChI=1S/C25H25ClFN3/c1-2-19(25-29-23-9-7-17(26)13-24(23)30-25)15-3-5-16(6-4-15)20-11-12-28-22-10-8-18(27)14-21(20)22/h7-16,19H,2-6H2,1H3,(H,29,30)/t15?,16?,19-/m1/s1. The maximum atomic E-state index is 13.9. The molecule has 3 nitrogen and oxygen atoms in total. The van der Waals surface area contributed by atoms with Gasteiger partial charge in [-0.3, -0.25) is 4.98 Å². The lowest BCUT2D eigenvalue weighted by molar-refractivity contribution is 0.272. The first-order valence-corrected chi connectivity index (χ1v) is 11.2. The Morgan fingerprint density at radius 2 is 1.87 bits per heavy atom.